The largest absolute Gasteiger partial charge is 0.328 e. The molecule has 2 unspecified atom stereocenters. The van der Waals surface area contributed by atoms with E-state index in [9.17, 15) is 4.79 Å². The van der Waals surface area contributed by atoms with Gasteiger partial charge in [-0.05, 0) is 31.4 Å². The van der Waals surface area contributed by atoms with Crippen LogP contribution in [-0.4, -0.2) is 16.8 Å². The molecule has 1 fully saturated rings. The van der Waals surface area contributed by atoms with Crippen LogP contribution in [0.5, 0.6) is 0 Å². The Hall–Kier alpha value is -1.22. The molecule has 0 aliphatic heterocycles. The third-order valence-corrected chi connectivity index (χ3v) is 3.01. The number of Topliss-reactive ketones (excluding diaryl/α,β-unsaturated/α-hetero) is 1. The van der Waals surface area contributed by atoms with Crippen LogP contribution in [0.15, 0.2) is 24.4 Å². The summed E-state index contributed by atoms with van der Waals surface area (Å²) >= 11 is 0. The molecule has 0 bridgehead atoms. The summed E-state index contributed by atoms with van der Waals surface area (Å²) in [5.74, 6) is 0.462. The molecule has 0 spiro atoms. The zero-order valence-electron chi connectivity index (χ0n) is 8.73. The van der Waals surface area contributed by atoms with E-state index in [0.717, 1.165) is 25.0 Å². The van der Waals surface area contributed by atoms with Crippen molar-refractivity contribution in [3.05, 3.63) is 30.1 Å². The third kappa shape index (κ3) is 2.63. The SMILES string of the molecule is NC1CCC(C(=O)Cc2ccccn2)C1. The number of hydrogen-bond donors (Lipinski definition) is 1. The highest BCUT2D eigenvalue weighted by molar-refractivity contribution is 5.83. The molecule has 0 saturated heterocycles. The quantitative estimate of drug-likeness (QED) is 0.808. The number of hydrogen-bond acceptors (Lipinski definition) is 3. The second-order valence-electron chi connectivity index (χ2n) is 4.23. The predicted octanol–water partition coefficient (Wildman–Crippen LogP) is 1.32. The maximum atomic E-state index is 11.9. The molecular formula is C12H16N2O. The molecular weight excluding hydrogens is 188 g/mol. The number of carbonyl (C=O) groups excluding carboxylic acids is 1. The summed E-state index contributed by atoms with van der Waals surface area (Å²) in [5, 5.41) is 0. The van der Waals surface area contributed by atoms with Crippen molar-refractivity contribution in [3.63, 3.8) is 0 Å². The third-order valence-electron chi connectivity index (χ3n) is 3.01. The predicted molar refractivity (Wildman–Crippen MR) is 58.3 cm³/mol. The first-order valence-electron chi connectivity index (χ1n) is 5.44. The first-order valence-corrected chi connectivity index (χ1v) is 5.44. The highest BCUT2D eigenvalue weighted by Gasteiger charge is 2.27. The van der Waals surface area contributed by atoms with Crippen molar-refractivity contribution in [2.45, 2.75) is 31.7 Å². The Labute approximate surface area is 89.7 Å². The normalized spacial score (nSPS) is 25.4. The van der Waals surface area contributed by atoms with E-state index in [1.807, 2.05) is 18.2 Å². The standard InChI is InChI=1S/C12H16N2O/c13-10-5-4-9(7-10)12(15)8-11-3-1-2-6-14-11/h1-3,6,9-10H,4-5,7-8,13H2. The van der Waals surface area contributed by atoms with Gasteiger partial charge in [-0.25, -0.2) is 0 Å². The molecule has 0 radical (unpaired) electrons. The van der Waals surface area contributed by atoms with Crippen LogP contribution in [0.25, 0.3) is 0 Å². The molecule has 2 rings (SSSR count). The van der Waals surface area contributed by atoms with Crippen LogP contribution in [0.2, 0.25) is 0 Å². The van der Waals surface area contributed by atoms with Crippen LogP contribution in [0, 0.1) is 5.92 Å². The van der Waals surface area contributed by atoms with Crippen molar-refractivity contribution in [3.8, 4) is 0 Å². The van der Waals surface area contributed by atoms with Crippen molar-refractivity contribution < 1.29 is 4.79 Å². The highest BCUT2D eigenvalue weighted by atomic mass is 16.1. The van der Waals surface area contributed by atoms with Gasteiger partial charge < -0.3 is 5.73 Å². The Bertz CT molecular complexity index is 337. The van der Waals surface area contributed by atoms with Gasteiger partial charge in [0.15, 0.2) is 0 Å². The Morgan fingerprint density at radius 1 is 1.47 bits per heavy atom. The van der Waals surface area contributed by atoms with Gasteiger partial charge >= 0.3 is 0 Å². The first kappa shape index (κ1) is 10.3. The van der Waals surface area contributed by atoms with Crippen LogP contribution in [0.1, 0.15) is 25.0 Å². The second kappa shape index (κ2) is 4.53. The summed E-state index contributed by atoms with van der Waals surface area (Å²) in [5.41, 5.74) is 6.65. The minimum atomic E-state index is 0.169. The Kier molecular flexibility index (Phi) is 3.11. The Morgan fingerprint density at radius 2 is 2.33 bits per heavy atom. The first-order chi connectivity index (χ1) is 7.25. The molecule has 1 aliphatic rings. The van der Waals surface area contributed by atoms with Crippen LogP contribution in [0.4, 0.5) is 0 Å². The van der Waals surface area contributed by atoms with E-state index in [4.69, 9.17) is 5.73 Å². The molecule has 15 heavy (non-hydrogen) atoms. The van der Waals surface area contributed by atoms with Gasteiger partial charge in [-0.3, -0.25) is 9.78 Å². The fourth-order valence-corrected chi connectivity index (χ4v) is 2.13. The van der Waals surface area contributed by atoms with Crippen molar-refractivity contribution in [2.24, 2.45) is 11.7 Å². The summed E-state index contributed by atoms with van der Waals surface area (Å²) in [6, 6.07) is 5.89. The van der Waals surface area contributed by atoms with Crippen LogP contribution >= 0.6 is 0 Å². The van der Waals surface area contributed by atoms with Crippen LogP contribution in [-0.2, 0) is 11.2 Å². The summed E-state index contributed by atoms with van der Waals surface area (Å²) in [4.78, 5) is 16.0. The smallest absolute Gasteiger partial charge is 0.141 e. The molecule has 0 aromatic carbocycles. The highest BCUT2D eigenvalue weighted by Crippen LogP contribution is 2.25. The number of aromatic nitrogens is 1. The zero-order chi connectivity index (χ0) is 10.7. The minimum absolute atomic E-state index is 0.169. The molecule has 1 aromatic heterocycles. The van der Waals surface area contributed by atoms with Crippen molar-refractivity contribution in [1.29, 1.82) is 0 Å². The minimum Gasteiger partial charge on any atom is -0.328 e. The van der Waals surface area contributed by atoms with Gasteiger partial charge in [-0.15, -0.1) is 0 Å². The molecule has 0 amide bonds. The van der Waals surface area contributed by atoms with Gasteiger partial charge in [0.25, 0.3) is 0 Å². The number of carbonyl (C=O) groups is 1. The van der Waals surface area contributed by atoms with E-state index >= 15 is 0 Å². The molecule has 80 valence electrons. The van der Waals surface area contributed by atoms with Crippen molar-refractivity contribution in [2.75, 3.05) is 0 Å². The number of ketones is 1. The second-order valence-corrected chi connectivity index (χ2v) is 4.23. The summed E-state index contributed by atoms with van der Waals surface area (Å²) in [7, 11) is 0. The van der Waals surface area contributed by atoms with Crippen molar-refractivity contribution in [1.82, 2.24) is 4.98 Å². The molecule has 2 N–H and O–H groups in total. The fourth-order valence-electron chi connectivity index (χ4n) is 2.13. The number of pyridine rings is 1. The van der Waals surface area contributed by atoms with E-state index in [1.54, 1.807) is 6.20 Å². The summed E-state index contributed by atoms with van der Waals surface area (Å²) in [6.07, 6.45) is 4.97. The molecule has 1 aromatic rings. The number of nitrogens with zero attached hydrogens (tertiary/aromatic N) is 1. The monoisotopic (exact) mass is 204 g/mol. The fraction of sp³-hybridized carbons (Fsp3) is 0.500. The Morgan fingerprint density at radius 3 is 2.93 bits per heavy atom. The molecule has 1 heterocycles. The lowest BCUT2D eigenvalue weighted by Gasteiger charge is -2.07. The van der Waals surface area contributed by atoms with Gasteiger partial charge in [0.1, 0.15) is 5.78 Å². The van der Waals surface area contributed by atoms with E-state index < -0.39 is 0 Å². The van der Waals surface area contributed by atoms with Gasteiger partial charge in [-0.2, -0.15) is 0 Å². The van der Waals surface area contributed by atoms with Crippen molar-refractivity contribution >= 4 is 5.78 Å². The number of rotatable bonds is 3. The van der Waals surface area contributed by atoms with Crippen LogP contribution < -0.4 is 5.73 Å². The maximum Gasteiger partial charge on any atom is 0.141 e. The topological polar surface area (TPSA) is 56.0 Å². The number of nitrogens with two attached hydrogens (primary N) is 1. The zero-order valence-corrected chi connectivity index (χ0v) is 8.73. The lowest BCUT2D eigenvalue weighted by molar-refractivity contribution is -0.122. The molecule has 2 atom stereocenters. The lowest BCUT2D eigenvalue weighted by atomic mass is 9.98. The maximum absolute atomic E-state index is 11.9. The summed E-state index contributed by atoms with van der Waals surface area (Å²) < 4.78 is 0. The van der Waals surface area contributed by atoms with E-state index in [-0.39, 0.29) is 12.0 Å². The van der Waals surface area contributed by atoms with Gasteiger partial charge in [0.05, 0.1) is 0 Å². The van der Waals surface area contributed by atoms with E-state index in [1.165, 1.54) is 0 Å². The molecule has 3 heteroatoms. The Balaban J connectivity index is 1.93. The van der Waals surface area contributed by atoms with Gasteiger partial charge in [-0.1, -0.05) is 6.07 Å². The molecule has 1 saturated carbocycles. The average Bonchev–Trinajstić information content (AvgIpc) is 2.66. The van der Waals surface area contributed by atoms with Gasteiger partial charge in [0.2, 0.25) is 0 Å². The molecule has 3 nitrogen and oxygen atoms in total. The van der Waals surface area contributed by atoms with E-state index in [0.29, 0.717) is 12.2 Å². The average molecular weight is 204 g/mol. The lowest BCUT2D eigenvalue weighted by Crippen LogP contribution is -2.19. The molecule has 1 aliphatic carbocycles. The van der Waals surface area contributed by atoms with Crippen LogP contribution in [0.3, 0.4) is 0 Å². The van der Waals surface area contributed by atoms with Gasteiger partial charge in [0, 0.05) is 30.3 Å². The summed E-state index contributed by atoms with van der Waals surface area (Å²) in [6.45, 7) is 0. The van der Waals surface area contributed by atoms with E-state index in [2.05, 4.69) is 4.98 Å².